The molecule has 26 heavy (non-hydrogen) atoms. The van der Waals surface area contributed by atoms with E-state index in [0.717, 1.165) is 23.3 Å². The molecular formula is C20H24N2O4. The number of aromatic carboxylic acids is 1. The van der Waals surface area contributed by atoms with Crippen molar-refractivity contribution in [3.63, 3.8) is 0 Å². The highest BCUT2D eigenvalue weighted by Crippen LogP contribution is 2.26. The van der Waals surface area contributed by atoms with Crippen LogP contribution in [0, 0.1) is 0 Å². The van der Waals surface area contributed by atoms with Gasteiger partial charge in [-0.2, -0.15) is 0 Å². The molecular weight excluding hydrogens is 332 g/mol. The van der Waals surface area contributed by atoms with Gasteiger partial charge in [0.1, 0.15) is 5.75 Å². The van der Waals surface area contributed by atoms with E-state index in [2.05, 4.69) is 5.32 Å². The Kier molecular flexibility index (Phi) is 6.60. The van der Waals surface area contributed by atoms with Crippen molar-refractivity contribution in [2.75, 3.05) is 14.2 Å². The first kappa shape index (κ1) is 19.3. The number of nitrogens with zero attached hydrogens (tertiary/aromatic N) is 1. The third-order valence-corrected chi connectivity index (χ3v) is 4.30. The Morgan fingerprint density at radius 1 is 1.19 bits per heavy atom. The van der Waals surface area contributed by atoms with Crippen LogP contribution in [0.5, 0.6) is 5.75 Å². The zero-order valence-corrected chi connectivity index (χ0v) is 15.2. The molecule has 2 amide bonds. The third kappa shape index (κ3) is 4.75. The molecule has 0 aliphatic heterocycles. The van der Waals surface area contributed by atoms with Gasteiger partial charge < -0.3 is 20.1 Å². The van der Waals surface area contributed by atoms with Gasteiger partial charge in [-0.25, -0.2) is 9.59 Å². The van der Waals surface area contributed by atoms with Crippen molar-refractivity contribution >= 4 is 12.0 Å². The second kappa shape index (κ2) is 8.89. The molecule has 0 radical (unpaired) electrons. The van der Waals surface area contributed by atoms with Crippen LogP contribution in [0.15, 0.2) is 48.5 Å². The van der Waals surface area contributed by atoms with E-state index in [1.807, 2.05) is 31.2 Å². The number of nitrogens with one attached hydrogen (secondary N) is 1. The van der Waals surface area contributed by atoms with Gasteiger partial charge in [0, 0.05) is 13.6 Å². The number of benzene rings is 2. The molecule has 6 heteroatoms. The summed E-state index contributed by atoms with van der Waals surface area (Å²) in [5, 5.41) is 11.8. The van der Waals surface area contributed by atoms with Crippen LogP contribution < -0.4 is 10.1 Å². The van der Waals surface area contributed by atoms with E-state index < -0.39 is 5.97 Å². The van der Waals surface area contributed by atoms with Gasteiger partial charge >= 0.3 is 12.0 Å². The van der Waals surface area contributed by atoms with Crippen molar-refractivity contribution in [3.05, 3.63) is 65.2 Å². The van der Waals surface area contributed by atoms with Crippen molar-refractivity contribution < 1.29 is 19.4 Å². The summed E-state index contributed by atoms with van der Waals surface area (Å²) in [6.45, 7) is 2.36. The number of urea groups is 1. The van der Waals surface area contributed by atoms with Crippen LogP contribution >= 0.6 is 0 Å². The second-order valence-electron chi connectivity index (χ2n) is 5.97. The van der Waals surface area contributed by atoms with E-state index in [-0.39, 0.29) is 17.6 Å². The highest BCUT2D eigenvalue weighted by Gasteiger charge is 2.20. The summed E-state index contributed by atoms with van der Waals surface area (Å²) < 4.78 is 5.26. The van der Waals surface area contributed by atoms with Gasteiger partial charge in [0.15, 0.2) is 0 Å². The second-order valence-corrected chi connectivity index (χ2v) is 5.97. The number of carbonyl (C=O) groups excluding carboxylic acids is 1. The van der Waals surface area contributed by atoms with Gasteiger partial charge in [-0.15, -0.1) is 0 Å². The Balaban J connectivity index is 2.01. The van der Waals surface area contributed by atoms with Gasteiger partial charge in [-0.1, -0.05) is 31.2 Å². The molecule has 0 saturated heterocycles. The van der Waals surface area contributed by atoms with Gasteiger partial charge in [0.05, 0.1) is 18.7 Å². The molecule has 0 heterocycles. The first-order chi connectivity index (χ1) is 12.5. The lowest BCUT2D eigenvalue weighted by Crippen LogP contribution is -2.39. The molecule has 0 bridgehead atoms. The quantitative estimate of drug-likeness (QED) is 0.793. The molecule has 2 aromatic rings. The molecule has 0 aliphatic rings. The fourth-order valence-corrected chi connectivity index (χ4v) is 2.79. The molecule has 0 spiro atoms. The van der Waals surface area contributed by atoms with Crippen LogP contribution in [0.25, 0.3) is 0 Å². The monoisotopic (exact) mass is 356 g/mol. The van der Waals surface area contributed by atoms with Crippen LogP contribution in [0.2, 0.25) is 0 Å². The molecule has 2 aromatic carbocycles. The lowest BCUT2D eigenvalue weighted by atomic mass is 10.0. The van der Waals surface area contributed by atoms with Crippen LogP contribution in [-0.2, 0) is 6.54 Å². The minimum Gasteiger partial charge on any atom is -0.497 e. The molecule has 0 saturated carbocycles. The van der Waals surface area contributed by atoms with E-state index in [1.165, 1.54) is 12.1 Å². The van der Waals surface area contributed by atoms with E-state index in [1.54, 1.807) is 31.2 Å². The number of ether oxygens (including phenoxy) is 1. The Morgan fingerprint density at radius 2 is 1.88 bits per heavy atom. The first-order valence-corrected chi connectivity index (χ1v) is 8.43. The van der Waals surface area contributed by atoms with Gasteiger partial charge in [0.25, 0.3) is 0 Å². The Labute approximate surface area is 153 Å². The van der Waals surface area contributed by atoms with E-state index in [0.29, 0.717) is 6.54 Å². The minimum atomic E-state index is -0.968. The van der Waals surface area contributed by atoms with Crippen molar-refractivity contribution in [3.8, 4) is 5.75 Å². The molecule has 138 valence electrons. The zero-order chi connectivity index (χ0) is 19.1. The standard InChI is InChI=1S/C20H24N2O4/c1-4-18(16-6-5-7-17(12-16)26-3)22(2)20(25)21-13-14-8-10-15(11-9-14)19(23)24/h5-12,18H,4,13H2,1-3H3,(H,21,25)(H,23,24). The topological polar surface area (TPSA) is 78.9 Å². The Hall–Kier alpha value is -3.02. The van der Waals surface area contributed by atoms with Crippen molar-refractivity contribution in [2.45, 2.75) is 25.9 Å². The summed E-state index contributed by atoms with van der Waals surface area (Å²) >= 11 is 0. The van der Waals surface area contributed by atoms with E-state index in [4.69, 9.17) is 9.84 Å². The van der Waals surface area contributed by atoms with Crippen molar-refractivity contribution in [1.82, 2.24) is 10.2 Å². The normalized spacial score (nSPS) is 11.5. The van der Waals surface area contributed by atoms with Crippen molar-refractivity contribution in [1.29, 1.82) is 0 Å². The highest BCUT2D eigenvalue weighted by molar-refractivity contribution is 5.87. The van der Waals surface area contributed by atoms with Gasteiger partial charge in [-0.3, -0.25) is 0 Å². The Bertz CT molecular complexity index is 759. The fourth-order valence-electron chi connectivity index (χ4n) is 2.79. The van der Waals surface area contributed by atoms with Crippen LogP contribution in [0.4, 0.5) is 4.79 Å². The molecule has 1 atom stereocenters. The van der Waals surface area contributed by atoms with Crippen molar-refractivity contribution in [2.24, 2.45) is 0 Å². The predicted octanol–water partition coefficient (Wildman–Crippen LogP) is 3.69. The average molecular weight is 356 g/mol. The summed E-state index contributed by atoms with van der Waals surface area (Å²) in [6.07, 6.45) is 0.768. The lowest BCUT2D eigenvalue weighted by molar-refractivity contribution is 0.0697. The van der Waals surface area contributed by atoms with E-state index in [9.17, 15) is 9.59 Å². The maximum absolute atomic E-state index is 12.5. The zero-order valence-electron chi connectivity index (χ0n) is 15.2. The van der Waals surface area contributed by atoms with Gasteiger partial charge in [0.2, 0.25) is 0 Å². The average Bonchev–Trinajstić information content (AvgIpc) is 2.67. The van der Waals surface area contributed by atoms with E-state index >= 15 is 0 Å². The summed E-state index contributed by atoms with van der Waals surface area (Å²) in [5.74, 6) is -0.210. The third-order valence-electron chi connectivity index (χ3n) is 4.30. The number of hydrogen-bond donors (Lipinski definition) is 2. The SMILES string of the molecule is CCC(c1cccc(OC)c1)N(C)C(=O)NCc1ccc(C(=O)O)cc1. The molecule has 0 fully saturated rings. The summed E-state index contributed by atoms with van der Waals surface area (Å²) in [6, 6.07) is 13.9. The fraction of sp³-hybridized carbons (Fsp3) is 0.300. The molecule has 2 rings (SSSR count). The number of carboxylic acid groups (broad SMARTS) is 1. The molecule has 6 nitrogen and oxygen atoms in total. The van der Waals surface area contributed by atoms with Crippen LogP contribution in [0.1, 0.15) is 40.9 Å². The summed E-state index contributed by atoms with van der Waals surface area (Å²) in [5.41, 5.74) is 2.07. The predicted molar refractivity (Wildman–Crippen MR) is 99.4 cm³/mol. The van der Waals surface area contributed by atoms with Gasteiger partial charge in [-0.05, 0) is 41.8 Å². The minimum absolute atomic E-state index is 0.0699. The van der Waals surface area contributed by atoms with Crippen LogP contribution in [0.3, 0.4) is 0 Å². The number of rotatable bonds is 7. The molecule has 1 unspecified atom stereocenters. The number of carboxylic acids is 1. The maximum atomic E-state index is 12.5. The van der Waals surface area contributed by atoms with Crippen LogP contribution in [-0.4, -0.2) is 36.2 Å². The molecule has 0 aromatic heterocycles. The smallest absolute Gasteiger partial charge is 0.335 e. The molecule has 0 aliphatic carbocycles. The number of amides is 2. The first-order valence-electron chi connectivity index (χ1n) is 8.43. The Morgan fingerprint density at radius 3 is 2.46 bits per heavy atom. The number of carbonyl (C=O) groups is 2. The molecule has 2 N–H and O–H groups in total. The summed E-state index contributed by atoms with van der Waals surface area (Å²) in [4.78, 5) is 25.0. The lowest BCUT2D eigenvalue weighted by Gasteiger charge is -2.28. The number of hydrogen-bond acceptors (Lipinski definition) is 3. The summed E-state index contributed by atoms with van der Waals surface area (Å²) in [7, 11) is 3.38. The largest absolute Gasteiger partial charge is 0.497 e. The number of methoxy groups -OCH3 is 1. The maximum Gasteiger partial charge on any atom is 0.335 e. The highest BCUT2D eigenvalue weighted by atomic mass is 16.5.